The molecule has 0 unspecified atom stereocenters. The van der Waals surface area contributed by atoms with Crippen LogP contribution in [0.25, 0.3) is 0 Å². The van der Waals surface area contributed by atoms with Crippen molar-refractivity contribution in [1.29, 1.82) is 0 Å². The van der Waals surface area contributed by atoms with Crippen LogP contribution >= 0.6 is 0 Å². The summed E-state index contributed by atoms with van der Waals surface area (Å²) in [6.07, 6.45) is 1.00. The average Bonchev–Trinajstić information content (AvgIpc) is 2.78. The molecule has 3 rings (SSSR count). The van der Waals surface area contributed by atoms with Gasteiger partial charge in [-0.05, 0) is 23.3 Å². The van der Waals surface area contributed by atoms with E-state index in [-0.39, 0.29) is 5.91 Å². The first kappa shape index (κ1) is 19.4. The molecule has 128 valence electrons. The van der Waals surface area contributed by atoms with Crippen molar-refractivity contribution < 1.29 is 4.79 Å². The number of nitrogens with two attached hydrogens (primary N) is 1. The monoisotopic (exact) mass is 325 g/mol. The zero-order valence-corrected chi connectivity index (χ0v) is 15.0. The van der Waals surface area contributed by atoms with E-state index >= 15 is 0 Å². The Bertz CT molecular complexity index is 693. The minimum absolute atomic E-state index is 0.0833. The minimum atomic E-state index is -0.0833. The molecular formula is C20H27N3O. The lowest BCUT2D eigenvalue weighted by Gasteiger charge is -2.08. The third kappa shape index (κ3) is 5.23. The number of nitrogens with zero attached hydrogens (tertiary/aromatic N) is 1. The van der Waals surface area contributed by atoms with E-state index in [0.29, 0.717) is 12.8 Å². The second-order valence-corrected chi connectivity index (χ2v) is 4.85. The molecule has 0 saturated heterocycles. The third-order valence-electron chi connectivity index (χ3n) is 3.32. The second-order valence-electron chi connectivity index (χ2n) is 4.85. The number of hydrogen-bond donors (Lipinski definition) is 2. The van der Waals surface area contributed by atoms with E-state index in [1.165, 1.54) is 0 Å². The first-order valence-electron chi connectivity index (χ1n) is 8.50. The summed E-state index contributed by atoms with van der Waals surface area (Å²) in [5.41, 5.74) is 13.1. The summed E-state index contributed by atoms with van der Waals surface area (Å²) in [6.45, 7) is 8.00. The zero-order valence-electron chi connectivity index (χ0n) is 15.0. The standard InChI is InChI=1S/C16H15N3O.2C2H6/c17-13-6-3-4-11(8-13)9-15-14-7-2-1-5-12(14)10-16(20)19-18-15;2*1-2/h1-8H,9-10,17H2,(H,19,20);2*1-2H3. The second kappa shape index (κ2) is 10.2. The molecule has 2 aromatic carbocycles. The fourth-order valence-electron chi connectivity index (χ4n) is 2.39. The molecule has 1 heterocycles. The highest BCUT2D eigenvalue weighted by atomic mass is 16.2. The molecule has 0 spiro atoms. The predicted molar refractivity (Wildman–Crippen MR) is 102 cm³/mol. The molecule has 2 aromatic rings. The van der Waals surface area contributed by atoms with Gasteiger partial charge in [-0.3, -0.25) is 4.79 Å². The number of benzene rings is 2. The number of hydrogen-bond acceptors (Lipinski definition) is 3. The van der Waals surface area contributed by atoms with Gasteiger partial charge in [0.2, 0.25) is 5.91 Å². The van der Waals surface area contributed by atoms with E-state index in [9.17, 15) is 4.79 Å². The summed E-state index contributed by atoms with van der Waals surface area (Å²) in [5, 5.41) is 4.25. The van der Waals surface area contributed by atoms with Gasteiger partial charge < -0.3 is 5.73 Å². The average molecular weight is 325 g/mol. The van der Waals surface area contributed by atoms with Crippen molar-refractivity contribution in [2.24, 2.45) is 5.10 Å². The summed E-state index contributed by atoms with van der Waals surface area (Å²) in [5.74, 6) is -0.0833. The van der Waals surface area contributed by atoms with E-state index in [2.05, 4.69) is 10.5 Å². The Hall–Kier alpha value is -2.62. The Morgan fingerprint density at radius 2 is 1.75 bits per heavy atom. The lowest BCUT2D eigenvalue weighted by atomic mass is 9.96. The molecule has 0 bridgehead atoms. The summed E-state index contributed by atoms with van der Waals surface area (Å²) >= 11 is 0. The van der Waals surface area contributed by atoms with Crippen LogP contribution in [0.4, 0.5) is 5.69 Å². The molecule has 0 saturated carbocycles. The number of anilines is 1. The van der Waals surface area contributed by atoms with Gasteiger partial charge in [0.15, 0.2) is 0 Å². The van der Waals surface area contributed by atoms with Gasteiger partial charge in [0, 0.05) is 17.7 Å². The van der Waals surface area contributed by atoms with Crippen molar-refractivity contribution in [3.05, 3.63) is 65.2 Å². The zero-order chi connectivity index (χ0) is 17.9. The van der Waals surface area contributed by atoms with Crippen LogP contribution in [0.3, 0.4) is 0 Å². The van der Waals surface area contributed by atoms with Crippen LogP contribution in [0.15, 0.2) is 53.6 Å². The summed E-state index contributed by atoms with van der Waals surface area (Å²) in [7, 11) is 0. The van der Waals surface area contributed by atoms with Crippen LogP contribution < -0.4 is 11.2 Å². The van der Waals surface area contributed by atoms with Gasteiger partial charge in [0.25, 0.3) is 0 Å². The van der Waals surface area contributed by atoms with Crippen molar-refractivity contribution in [2.75, 3.05) is 5.73 Å². The van der Waals surface area contributed by atoms with Gasteiger partial charge >= 0.3 is 0 Å². The van der Waals surface area contributed by atoms with Crippen molar-refractivity contribution in [1.82, 2.24) is 5.43 Å². The van der Waals surface area contributed by atoms with Crippen molar-refractivity contribution in [3.63, 3.8) is 0 Å². The van der Waals surface area contributed by atoms with Gasteiger partial charge in [-0.1, -0.05) is 64.1 Å². The number of carbonyl (C=O) groups is 1. The van der Waals surface area contributed by atoms with E-state index in [1.54, 1.807) is 0 Å². The van der Waals surface area contributed by atoms with Crippen LogP contribution in [0.5, 0.6) is 0 Å². The minimum Gasteiger partial charge on any atom is -0.399 e. The Kier molecular flexibility index (Phi) is 8.26. The van der Waals surface area contributed by atoms with Gasteiger partial charge in [-0.25, -0.2) is 5.43 Å². The topological polar surface area (TPSA) is 67.5 Å². The summed E-state index contributed by atoms with van der Waals surface area (Å²) in [6, 6.07) is 15.6. The van der Waals surface area contributed by atoms with E-state index < -0.39 is 0 Å². The molecule has 4 heteroatoms. The SMILES string of the molecule is CC.CC.Nc1cccc(CC2=NNC(=O)Cc3ccccc32)c1. The van der Waals surface area contributed by atoms with Gasteiger partial charge in [0.1, 0.15) is 0 Å². The number of nitrogens with one attached hydrogen (secondary N) is 1. The Labute approximate surface area is 144 Å². The molecule has 0 aliphatic carbocycles. The van der Waals surface area contributed by atoms with Crippen LogP contribution in [0.2, 0.25) is 0 Å². The van der Waals surface area contributed by atoms with Crippen LogP contribution in [0.1, 0.15) is 44.4 Å². The van der Waals surface area contributed by atoms with Crippen molar-refractivity contribution >= 4 is 17.3 Å². The van der Waals surface area contributed by atoms with E-state index in [1.807, 2.05) is 76.2 Å². The molecule has 1 aliphatic heterocycles. The van der Waals surface area contributed by atoms with E-state index in [0.717, 1.165) is 28.1 Å². The fraction of sp³-hybridized carbons (Fsp3) is 0.300. The fourth-order valence-corrected chi connectivity index (χ4v) is 2.39. The van der Waals surface area contributed by atoms with Crippen molar-refractivity contribution in [2.45, 2.75) is 40.5 Å². The van der Waals surface area contributed by atoms with Gasteiger partial charge in [0.05, 0.1) is 12.1 Å². The molecule has 24 heavy (non-hydrogen) atoms. The Morgan fingerprint density at radius 3 is 2.46 bits per heavy atom. The number of amides is 1. The van der Waals surface area contributed by atoms with Crippen LogP contribution in [-0.2, 0) is 17.6 Å². The lowest BCUT2D eigenvalue weighted by molar-refractivity contribution is -0.120. The summed E-state index contributed by atoms with van der Waals surface area (Å²) < 4.78 is 0. The highest BCUT2D eigenvalue weighted by Crippen LogP contribution is 2.17. The van der Waals surface area contributed by atoms with Crippen LogP contribution in [0, 0.1) is 0 Å². The molecule has 3 N–H and O–H groups in total. The molecule has 0 atom stereocenters. The van der Waals surface area contributed by atoms with Gasteiger partial charge in [-0.2, -0.15) is 5.10 Å². The quantitative estimate of drug-likeness (QED) is 0.821. The van der Waals surface area contributed by atoms with E-state index in [4.69, 9.17) is 5.73 Å². The van der Waals surface area contributed by atoms with Crippen molar-refractivity contribution in [3.8, 4) is 0 Å². The molecule has 4 nitrogen and oxygen atoms in total. The highest BCUT2D eigenvalue weighted by Gasteiger charge is 2.16. The number of nitrogen functional groups attached to an aromatic ring is 1. The lowest BCUT2D eigenvalue weighted by Crippen LogP contribution is -2.18. The smallest absolute Gasteiger partial charge is 0.244 e. The predicted octanol–water partition coefficient (Wildman–Crippen LogP) is 3.94. The molecule has 0 fully saturated rings. The normalized spacial score (nSPS) is 12.2. The number of hydrazone groups is 1. The molecule has 0 aromatic heterocycles. The molecule has 0 radical (unpaired) electrons. The molecule has 1 amide bonds. The largest absolute Gasteiger partial charge is 0.399 e. The highest BCUT2D eigenvalue weighted by molar-refractivity contribution is 6.05. The third-order valence-corrected chi connectivity index (χ3v) is 3.32. The maximum Gasteiger partial charge on any atom is 0.244 e. The Morgan fingerprint density at radius 1 is 1.04 bits per heavy atom. The molecular weight excluding hydrogens is 298 g/mol. The van der Waals surface area contributed by atoms with Crippen LogP contribution in [-0.4, -0.2) is 11.6 Å². The maximum atomic E-state index is 11.7. The number of carbonyl (C=O) groups excluding carboxylic acids is 1. The number of fused-ring (bicyclic) bond motifs is 1. The summed E-state index contributed by atoms with van der Waals surface area (Å²) in [4.78, 5) is 11.7. The first-order chi connectivity index (χ1) is 11.7. The van der Waals surface area contributed by atoms with Gasteiger partial charge in [-0.15, -0.1) is 0 Å². The maximum absolute atomic E-state index is 11.7. The Balaban J connectivity index is 0.000000671. The first-order valence-corrected chi connectivity index (χ1v) is 8.50. The number of rotatable bonds is 2. The molecule has 1 aliphatic rings.